The first-order valence-corrected chi connectivity index (χ1v) is 11.6. The van der Waals surface area contributed by atoms with Crippen molar-refractivity contribution < 1.29 is 14.3 Å². The van der Waals surface area contributed by atoms with Crippen LogP contribution in [0, 0.1) is 5.92 Å². The zero-order chi connectivity index (χ0) is 21.2. The van der Waals surface area contributed by atoms with Crippen molar-refractivity contribution >= 4 is 11.8 Å². The molecule has 1 aromatic rings. The van der Waals surface area contributed by atoms with Crippen LogP contribution in [0.2, 0.25) is 0 Å². The fourth-order valence-corrected chi connectivity index (χ4v) is 4.60. The fourth-order valence-electron chi connectivity index (χ4n) is 4.60. The molecule has 0 spiro atoms. The summed E-state index contributed by atoms with van der Waals surface area (Å²) >= 11 is 0. The van der Waals surface area contributed by atoms with Gasteiger partial charge < -0.3 is 15.0 Å². The molecule has 0 aliphatic carbocycles. The highest BCUT2D eigenvalue weighted by atomic mass is 16.5. The van der Waals surface area contributed by atoms with Crippen molar-refractivity contribution in [3.05, 3.63) is 30.3 Å². The summed E-state index contributed by atoms with van der Waals surface area (Å²) < 4.78 is 5.63. The average molecular weight is 416 g/mol. The molecule has 2 amide bonds. The van der Waals surface area contributed by atoms with Gasteiger partial charge in [0.25, 0.3) is 0 Å². The first-order chi connectivity index (χ1) is 14.7. The minimum absolute atomic E-state index is 0.166. The Kier molecular flexibility index (Phi) is 9.00. The van der Waals surface area contributed by atoms with E-state index in [1.54, 1.807) is 0 Å². The number of likely N-dealkylation sites (N-methyl/N-ethyl adjacent to an activating group) is 1. The Morgan fingerprint density at radius 2 is 1.83 bits per heavy atom. The Labute approximate surface area is 180 Å². The van der Waals surface area contributed by atoms with Gasteiger partial charge in [-0.2, -0.15) is 0 Å². The third-order valence-electron chi connectivity index (χ3n) is 6.51. The molecule has 0 bridgehead atoms. The normalized spacial score (nSPS) is 20.3. The summed E-state index contributed by atoms with van der Waals surface area (Å²) in [5.74, 6) is 1.69. The number of amides is 2. The number of carbonyl (C=O) groups is 2. The Hall–Kier alpha value is -2.08. The summed E-state index contributed by atoms with van der Waals surface area (Å²) in [5.41, 5.74) is 0. The Morgan fingerprint density at radius 1 is 1.07 bits per heavy atom. The van der Waals surface area contributed by atoms with Crippen molar-refractivity contribution in [2.45, 2.75) is 57.9 Å². The lowest BCUT2D eigenvalue weighted by molar-refractivity contribution is -0.133. The molecule has 2 saturated heterocycles. The summed E-state index contributed by atoms with van der Waals surface area (Å²) in [6, 6.07) is 10.1. The van der Waals surface area contributed by atoms with Crippen LogP contribution in [0.5, 0.6) is 5.75 Å². The second kappa shape index (κ2) is 11.9. The molecule has 0 aromatic heterocycles. The molecule has 2 aliphatic heterocycles. The van der Waals surface area contributed by atoms with E-state index < -0.39 is 0 Å². The summed E-state index contributed by atoms with van der Waals surface area (Å²) in [7, 11) is 0. The second-order valence-corrected chi connectivity index (χ2v) is 8.50. The molecule has 3 rings (SSSR count). The summed E-state index contributed by atoms with van der Waals surface area (Å²) in [6.07, 6.45) is 6.35. The zero-order valence-electron chi connectivity index (χ0n) is 18.4. The van der Waals surface area contributed by atoms with E-state index in [0.29, 0.717) is 31.4 Å². The van der Waals surface area contributed by atoms with Gasteiger partial charge in [0, 0.05) is 32.1 Å². The molecular formula is C24H37N3O3. The summed E-state index contributed by atoms with van der Waals surface area (Å²) in [5, 5.41) is 3.13. The SMILES string of the molecule is CCN1CCCC1CNC(=O)CCC1CCN(C(=O)CCOc2ccccc2)CC1. The minimum Gasteiger partial charge on any atom is -0.493 e. The molecule has 2 heterocycles. The van der Waals surface area contributed by atoms with Gasteiger partial charge in [-0.1, -0.05) is 25.1 Å². The first kappa shape index (κ1) is 22.6. The van der Waals surface area contributed by atoms with Crippen molar-refractivity contribution in [3.8, 4) is 5.75 Å². The summed E-state index contributed by atoms with van der Waals surface area (Å²) in [6.45, 7) is 7.20. The number of carbonyl (C=O) groups excluding carboxylic acids is 2. The van der Waals surface area contributed by atoms with Crippen LogP contribution in [0.3, 0.4) is 0 Å². The molecule has 1 atom stereocenters. The Bertz CT molecular complexity index is 659. The minimum atomic E-state index is 0.166. The molecule has 2 aliphatic rings. The molecule has 1 unspecified atom stereocenters. The maximum absolute atomic E-state index is 12.4. The largest absolute Gasteiger partial charge is 0.493 e. The lowest BCUT2D eigenvalue weighted by Crippen LogP contribution is -2.40. The van der Waals surface area contributed by atoms with Gasteiger partial charge in [-0.05, 0) is 63.2 Å². The number of piperidine rings is 1. The third-order valence-corrected chi connectivity index (χ3v) is 6.51. The Morgan fingerprint density at radius 3 is 2.57 bits per heavy atom. The van der Waals surface area contributed by atoms with E-state index in [1.807, 2.05) is 35.2 Å². The zero-order valence-corrected chi connectivity index (χ0v) is 18.4. The number of nitrogens with one attached hydrogen (secondary N) is 1. The number of benzene rings is 1. The smallest absolute Gasteiger partial charge is 0.225 e. The molecule has 0 radical (unpaired) electrons. The third kappa shape index (κ3) is 7.01. The number of ether oxygens (including phenoxy) is 1. The van der Waals surface area contributed by atoms with Crippen LogP contribution >= 0.6 is 0 Å². The van der Waals surface area contributed by atoms with Crippen molar-refractivity contribution in [1.29, 1.82) is 0 Å². The lowest BCUT2D eigenvalue weighted by Gasteiger charge is -2.32. The van der Waals surface area contributed by atoms with Gasteiger partial charge in [0.05, 0.1) is 13.0 Å². The van der Waals surface area contributed by atoms with E-state index in [9.17, 15) is 9.59 Å². The number of likely N-dealkylation sites (tertiary alicyclic amines) is 2. The van der Waals surface area contributed by atoms with Gasteiger partial charge in [0.15, 0.2) is 0 Å². The van der Waals surface area contributed by atoms with Crippen molar-refractivity contribution in [3.63, 3.8) is 0 Å². The van der Waals surface area contributed by atoms with Crippen LogP contribution in [0.15, 0.2) is 30.3 Å². The number of para-hydroxylation sites is 1. The molecule has 1 N–H and O–H groups in total. The number of rotatable bonds is 10. The standard InChI is InChI=1S/C24H37N3O3/c1-2-26-15-6-7-21(26)19-25-23(28)11-10-20-12-16-27(17-13-20)24(29)14-18-30-22-8-4-3-5-9-22/h3-5,8-9,20-21H,2,6-7,10-19H2,1H3,(H,25,28). The number of hydrogen-bond donors (Lipinski definition) is 1. The van der Waals surface area contributed by atoms with Gasteiger partial charge in [-0.3, -0.25) is 14.5 Å². The topological polar surface area (TPSA) is 61.9 Å². The van der Waals surface area contributed by atoms with Crippen LogP contribution in [0.25, 0.3) is 0 Å². The molecule has 6 nitrogen and oxygen atoms in total. The summed E-state index contributed by atoms with van der Waals surface area (Å²) in [4.78, 5) is 29.0. The van der Waals surface area contributed by atoms with Crippen LogP contribution in [0.4, 0.5) is 0 Å². The molecule has 0 saturated carbocycles. The Balaban J connectivity index is 1.26. The molecule has 30 heavy (non-hydrogen) atoms. The fraction of sp³-hybridized carbons (Fsp3) is 0.667. The van der Waals surface area contributed by atoms with Crippen molar-refractivity contribution in [2.75, 3.05) is 39.3 Å². The van der Waals surface area contributed by atoms with E-state index in [4.69, 9.17) is 4.74 Å². The van der Waals surface area contributed by atoms with Gasteiger partial charge >= 0.3 is 0 Å². The highest BCUT2D eigenvalue weighted by Crippen LogP contribution is 2.22. The molecule has 166 valence electrons. The van der Waals surface area contributed by atoms with Gasteiger partial charge in [0.1, 0.15) is 5.75 Å². The van der Waals surface area contributed by atoms with Gasteiger partial charge in [-0.15, -0.1) is 0 Å². The van der Waals surface area contributed by atoms with E-state index in [2.05, 4.69) is 17.1 Å². The van der Waals surface area contributed by atoms with E-state index >= 15 is 0 Å². The van der Waals surface area contributed by atoms with E-state index in [1.165, 1.54) is 12.8 Å². The van der Waals surface area contributed by atoms with E-state index in [-0.39, 0.29) is 11.8 Å². The highest BCUT2D eigenvalue weighted by molar-refractivity contribution is 5.76. The molecule has 6 heteroatoms. The molecule has 2 fully saturated rings. The van der Waals surface area contributed by atoms with Gasteiger partial charge in [0.2, 0.25) is 11.8 Å². The van der Waals surface area contributed by atoms with Crippen LogP contribution in [0.1, 0.15) is 51.9 Å². The van der Waals surface area contributed by atoms with Crippen LogP contribution in [-0.4, -0.2) is 67.0 Å². The molecule has 1 aromatic carbocycles. The first-order valence-electron chi connectivity index (χ1n) is 11.6. The van der Waals surface area contributed by atoms with Crippen molar-refractivity contribution in [1.82, 2.24) is 15.1 Å². The predicted octanol–water partition coefficient (Wildman–Crippen LogP) is 3.07. The maximum atomic E-state index is 12.4. The predicted molar refractivity (Wildman–Crippen MR) is 118 cm³/mol. The second-order valence-electron chi connectivity index (χ2n) is 8.50. The highest BCUT2D eigenvalue weighted by Gasteiger charge is 2.25. The van der Waals surface area contributed by atoms with Gasteiger partial charge in [-0.25, -0.2) is 0 Å². The number of hydrogen-bond acceptors (Lipinski definition) is 4. The maximum Gasteiger partial charge on any atom is 0.225 e. The average Bonchev–Trinajstić information content (AvgIpc) is 3.25. The molecular weight excluding hydrogens is 378 g/mol. The lowest BCUT2D eigenvalue weighted by atomic mass is 9.92. The monoisotopic (exact) mass is 415 g/mol. The van der Waals surface area contributed by atoms with Crippen LogP contribution < -0.4 is 10.1 Å². The number of nitrogens with zero attached hydrogens (tertiary/aromatic N) is 2. The quantitative estimate of drug-likeness (QED) is 0.638. The van der Waals surface area contributed by atoms with Crippen LogP contribution in [-0.2, 0) is 9.59 Å². The van der Waals surface area contributed by atoms with E-state index in [0.717, 1.165) is 57.7 Å². The van der Waals surface area contributed by atoms with Crippen molar-refractivity contribution in [2.24, 2.45) is 5.92 Å².